The SMILES string of the molecule is COCCN(C(C)C)S(=O)(=O)c1cnc(Cl)s1. The highest BCUT2D eigenvalue weighted by Crippen LogP contribution is 2.26. The van der Waals surface area contributed by atoms with Crippen LogP contribution in [0.2, 0.25) is 4.47 Å². The van der Waals surface area contributed by atoms with Crippen molar-refractivity contribution in [2.24, 2.45) is 0 Å². The number of methoxy groups -OCH3 is 1. The van der Waals surface area contributed by atoms with Gasteiger partial charge in [0.05, 0.1) is 12.8 Å². The molecule has 98 valence electrons. The van der Waals surface area contributed by atoms with Gasteiger partial charge in [0, 0.05) is 19.7 Å². The van der Waals surface area contributed by atoms with E-state index >= 15 is 0 Å². The van der Waals surface area contributed by atoms with Crippen molar-refractivity contribution in [3.05, 3.63) is 10.7 Å². The van der Waals surface area contributed by atoms with Crippen LogP contribution in [0.3, 0.4) is 0 Å². The van der Waals surface area contributed by atoms with Crippen molar-refractivity contribution in [3.63, 3.8) is 0 Å². The lowest BCUT2D eigenvalue weighted by molar-refractivity contribution is 0.171. The zero-order valence-corrected chi connectivity index (χ0v) is 12.3. The summed E-state index contributed by atoms with van der Waals surface area (Å²) in [7, 11) is -1.99. The molecule has 5 nitrogen and oxygen atoms in total. The predicted octanol–water partition coefficient (Wildman–Crippen LogP) is 1.84. The fourth-order valence-electron chi connectivity index (χ4n) is 1.31. The zero-order chi connectivity index (χ0) is 13.1. The van der Waals surface area contributed by atoms with Crippen molar-refractivity contribution in [1.82, 2.24) is 9.29 Å². The molecule has 1 aromatic heterocycles. The smallest absolute Gasteiger partial charge is 0.254 e. The lowest BCUT2D eigenvalue weighted by Gasteiger charge is -2.24. The Hall–Kier alpha value is -0.210. The second kappa shape index (κ2) is 6.10. The van der Waals surface area contributed by atoms with Crippen LogP contribution in [0, 0.1) is 0 Å². The number of aromatic nitrogens is 1. The summed E-state index contributed by atoms with van der Waals surface area (Å²) in [5, 5.41) is 0. The van der Waals surface area contributed by atoms with E-state index in [0.717, 1.165) is 11.3 Å². The molecule has 0 atom stereocenters. The van der Waals surface area contributed by atoms with Crippen molar-refractivity contribution in [2.45, 2.75) is 24.1 Å². The fourth-order valence-corrected chi connectivity index (χ4v) is 4.36. The minimum Gasteiger partial charge on any atom is -0.383 e. The molecule has 0 radical (unpaired) electrons. The van der Waals surface area contributed by atoms with Crippen LogP contribution in [0.5, 0.6) is 0 Å². The second-order valence-electron chi connectivity index (χ2n) is 3.63. The molecule has 0 aliphatic rings. The molecule has 8 heteroatoms. The minimum absolute atomic E-state index is 0.143. The van der Waals surface area contributed by atoms with Gasteiger partial charge < -0.3 is 4.74 Å². The zero-order valence-electron chi connectivity index (χ0n) is 9.88. The Balaban J connectivity index is 3.00. The van der Waals surface area contributed by atoms with E-state index < -0.39 is 10.0 Å². The van der Waals surface area contributed by atoms with Gasteiger partial charge in [0.1, 0.15) is 0 Å². The first-order chi connectivity index (χ1) is 7.89. The van der Waals surface area contributed by atoms with Crippen LogP contribution in [0.4, 0.5) is 0 Å². The molecular formula is C9H15ClN2O3S2. The first kappa shape index (κ1) is 14.8. The Morgan fingerprint density at radius 3 is 2.65 bits per heavy atom. The summed E-state index contributed by atoms with van der Waals surface area (Å²) in [6.07, 6.45) is 1.28. The van der Waals surface area contributed by atoms with Gasteiger partial charge in [-0.05, 0) is 13.8 Å². The molecular weight excluding hydrogens is 284 g/mol. The van der Waals surface area contributed by atoms with Gasteiger partial charge in [-0.3, -0.25) is 0 Å². The largest absolute Gasteiger partial charge is 0.383 e. The fraction of sp³-hybridized carbons (Fsp3) is 0.667. The number of thiazole rings is 1. The molecule has 1 rings (SSSR count). The Morgan fingerprint density at radius 2 is 2.24 bits per heavy atom. The van der Waals surface area contributed by atoms with Gasteiger partial charge in [-0.25, -0.2) is 13.4 Å². The number of ether oxygens (including phenoxy) is 1. The van der Waals surface area contributed by atoms with Crippen LogP contribution >= 0.6 is 22.9 Å². The molecule has 0 spiro atoms. The predicted molar refractivity (Wildman–Crippen MR) is 68.0 cm³/mol. The second-order valence-corrected chi connectivity index (χ2v) is 7.36. The molecule has 0 saturated carbocycles. The van der Waals surface area contributed by atoms with Gasteiger partial charge in [-0.15, -0.1) is 0 Å². The Bertz CT molecular complexity index is 459. The number of hydrogen-bond acceptors (Lipinski definition) is 5. The Morgan fingerprint density at radius 1 is 1.59 bits per heavy atom. The summed E-state index contributed by atoms with van der Waals surface area (Å²) in [6.45, 7) is 4.29. The van der Waals surface area contributed by atoms with E-state index in [2.05, 4.69) is 4.98 Å². The number of hydrogen-bond donors (Lipinski definition) is 0. The molecule has 0 amide bonds. The minimum atomic E-state index is -3.53. The first-order valence-electron chi connectivity index (χ1n) is 5.01. The lowest BCUT2D eigenvalue weighted by Crippen LogP contribution is -2.38. The molecule has 0 unspecified atom stereocenters. The first-order valence-corrected chi connectivity index (χ1v) is 7.65. The van der Waals surface area contributed by atoms with Gasteiger partial charge in [0.25, 0.3) is 10.0 Å². The summed E-state index contributed by atoms with van der Waals surface area (Å²) in [5.41, 5.74) is 0. The number of halogens is 1. The van der Waals surface area contributed by atoms with Crippen LogP contribution in [-0.2, 0) is 14.8 Å². The van der Waals surface area contributed by atoms with Crippen LogP contribution in [0.25, 0.3) is 0 Å². The highest BCUT2D eigenvalue weighted by molar-refractivity contribution is 7.91. The van der Waals surface area contributed by atoms with Crippen molar-refractivity contribution in [1.29, 1.82) is 0 Å². The normalized spacial score (nSPS) is 12.6. The molecule has 1 aromatic rings. The van der Waals surface area contributed by atoms with Gasteiger partial charge in [-0.1, -0.05) is 22.9 Å². The summed E-state index contributed by atoms with van der Waals surface area (Å²) in [6, 6.07) is -0.143. The third kappa shape index (κ3) is 3.62. The van der Waals surface area contributed by atoms with Crippen LogP contribution < -0.4 is 0 Å². The summed E-state index contributed by atoms with van der Waals surface area (Å²) >= 11 is 6.61. The number of nitrogens with zero attached hydrogens (tertiary/aromatic N) is 2. The molecule has 0 aliphatic heterocycles. The third-order valence-electron chi connectivity index (χ3n) is 2.11. The molecule has 0 aromatic carbocycles. The van der Waals surface area contributed by atoms with E-state index in [-0.39, 0.29) is 14.7 Å². The average molecular weight is 299 g/mol. The van der Waals surface area contributed by atoms with E-state index in [1.165, 1.54) is 17.6 Å². The van der Waals surface area contributed by atoms with Crippen LogP contribution in [0.15, 0.2) is 10.4 Å². The summed E-state index contributed by atoms with van der Waals surface area (Å²) < 4.78 is 31.2. The topological polar surface area (TPSA) is 59.5 Å². The molecule has 1 heterocycles. The Labute approximate surface area is 110 Å². The van der Waals surface area contributed by atoms with E-state index in [1.807, 2.05) is 13.8 Å². The molecule has 0 N–H and O–H groups in total. The average Bonchev–Trinajstić information content (AvgIpc) is 2.65. The van der Waals surface area contributed by atoms with Crippen molar-refractivity contribution in [2.75, 3.05) is 20.3 Å². The molecule has 0 aliphatic carbocycles. The molecule has 0 saturated heterocycles. The van der Waals surface area contributed by atoms with Crippen molar-refractivity contribution in [3.8, 4) is 0 Å². The van der Waals surface area contributed by atoms with Crippen molar-refractivity contribution >= 4 is 33.0 Å². The van der Waals surface area contributed by atoms with Crippen LogP contribution in [0.1, 0.15) is 13.8 Å². The van der Waals surface area contributed by atoms with Gasteiger partial charge in [0.2, 0.25) is 0 Å². The van der Waals surface area contributed by atoms with Crippen molar-refractivity contribution < 1.29 is 13.2 Å². The Kier molecular flexibility index (Phi) is 5.33. The highest BCUT2D eigenvalue weighted by atomic mass is 35.5. The molecule has 0 bridgehead atoms. The molecule has 17 heavy (non-hydrogen) atoms. The summed E-state index contributed by atoms with van der Waals surface area (Å²) in [4.78, 5) is 3.75. The summed E-state index contributed by atoms with van der Waals surface area (Å²) in [5.74, 6) is 0. The van der Waals surface area contributed by atoms with E-state index in [1.54, 1.807) is 0 Å². The van der Waals surface area contributed by atoms with E-state index in [0.29, 0.717) is 13.2 Å². The third-order valence-corrected chi connectivity index (χ3v) is 5.74. The van der Waals surface area contributed by atoms with Crippen LogP contribution in [-0.4, -0.2) is 44.0 Å². The van der Waals surface area contributed by atoms with Gasteiger partial charge in [0.15, 0.2) is 8.68 Å². The maximum Gasteiger partial charge on any atom is 0.254 e. The highest BCUT2D eigenvalue weighted by Gasteiger charge is 2.28. The van der Waals surface area contributed by atoms with E-state index in [4.69, 9.17) is 16.3 Å². The monoisotopic (exact) mass is 298 g/mol. The maximum absolute atomic E-state index is 12.3. The maximum atomic E-state index is 12.3. The van der Waals surface area contributed by atoms with Gasteiger partial charge >= 0.3 is 0 Å². The standard InChI is InChI=1S/C9H15ClN2O3S2/c1-7(2)12(4-5-15-3)17(13,14)8-6-11-9(10)16-8/h6-7H,4-5H2,1-3H3. The molecule has 0 fully saturated rings. The number of sulfonamides is 1. The van der Waals surface area contributed by atoms with Gasteiger partial charge in [-0.2, -0.15) is 4.31 Å². The van der Waals surface area contributed by atoms with E-state index in [9.17, 15) is 8.42 Å². The number of rotatable bonds is 6. The lowest BCUT2D eigenvalue weighted by atomic mass is 10.4. The quantitative estimate of drug-likeness (QED) is 0.804.